The molecule has 1 atom stereocenters. The van der Waals surface area contributed by atoms with E-state index in [-0.39, 0.29) is 6.61 Å². The third kappa shape index (κ3) is 2.52. The van der Waals surface area contributed by atoms with Gasteiger partial charge in [0, 0.05) is 13.2 Å². The third-order valence-electron chi connectivity index (χ3n) is 2.63. The molecule has 0 aliphatic carbocycles. The first-order valence-corrected chi connectivity index (χ1v) is 5.59. The molecule has 2 rings (SSSR count). The van der Waals surface area contributed by atoms with E-state index in [9.17, 15) is 0 Å². The summed E-state index contributed by atoms with van der Waals surface area (Å²) in [5.74, 6) is 1.24. The molecule has 4 heteroatoms. The zero-order valence-corrected chi connectivity index (χ0v) is 9.40. The number of imidazole rings is 1. The van der Waals surface area contributed by atoms with Gasteiger partial charge in [0.25, 0.3) is 0 Å². The minimum atomic E-state index is 0.239. The molecular weight excluding hydrogens is 202 g/mol. The summed E-state index contributed by atoms with van der Waals surface area (Å²) in [6.45, 7) is 3.16. The van der Waals surface area contributed by atoms with Gasteiger partial charge in [-0.05, 0) is 24.5 Å². The monoisotopic (exact) mass is 219 g/mol. The number of aliphatic hydroxyl groups excluding tert-OH is 1. The number of hydrogen-bond acceptors (Lipinski definition) is 3. The number of aromatic amines is 1. The second-order valence-electron chi connectivity index (χ2n) is 4.10. The van der Waals surface area contributed by atoms with Crippen molar-refractivity contribution in [3.05, 3.63) is 24.3 Å². The number of aromatic nitrogens is 2. The molecule has 0 bridgehead atoms. The van der Waals surface area contributed by atoms with Gasteiger partial charge in [0.1, 0.15) is 0 Å². The maximum absolute atomic E-state index is 8.80. The van der Waals surface area contributed by atoms with Crippen molar-refractivity contribution in [1.29, 1.82) is 0 Å². The predicted molar refractivity (Wildman–Crippen MR) is 65.5 cm³/mol. The van der Waals surface area contributed by atoms with Gasteiger partial charge in [-0.3, -0.25) is 0 Å². The van der Waals surface area contributed by atoms with Crippen molar-refractivity contribution in [2.75, 3.05) is 18.5 Å². The minimum Gasteiger partial charge on any atom is -0.396 e. The normalized spacial score (nSPS) is 12.9. The molecule has 86 valence electrons. The fourth-order valence-electron chi connectivity index (χ4n) is 1.63. The molecule has 1 unspecified atom stereocenters. The van der Waals surface area contributed by atoms with Crippen LogP contribution in [0.5, 0.6) is 0 Å². The van der Waals surface area contributed by atoms with Crippen molar-refractivity contribution < 1.29 is 5.11 Å². The quantitative estimate of drug-likeness (QED) is 0.720. The average molecular weight is 219 g/mol. The highest BCUT2D eigenvalue weighted by molar-refractivity contribution is 5.77. The van der Waals surface area contributed by atoms with Crippen LogP contribution in [0, 0.1) is 5.92 Å². The maximum Gasteiger partial charge on any atom is 0.201 e. The molecule has 0 radical (unpaired) electrons. The summed E-state index contributed by atoms with van der Waals surface area (Å²) in [6.07, 6.45) is 0.813. The molecule has 0 aliphatic heterocycles. The highest BCUT2D eigenvalue weighted by Gasteiger charge is 2.04. The molecule has 1 aromatic heterocycles. The molecule has 0 amide bonds. The van der Waals surface area contributed by atoms with Gasteiger partial charge < -0.3 is 15.4 Å². The van der Waals surface area contributed by atoms with Crippen LogP contribution in [0.15, 0.2) is 24.3 Å². The standard InChI is InChI=1S/C12H17N3O/c1-9(6-7-16)8-13-12-14-10-4-2-3-5-11(10)15-12/h2-5,9,16H,6-8H2,1H3,(H2,13,14,15). The fourth-order valence-corrected chi connectivity index (χ4v) is 1.63. The molecular formula is C12H17N3O. The molecule has 4 nitrogen and oxygen atoms in total. The summed E-state index contributed by atoms with van der Waals surface area (Å²) < 4.78 is 0. The van der Waals surface area contributed by atoms with Gasteiger partial charge in [-0.25, -0.2) is 4.98 Å². The van der Waals surface area contributed by atoms with E-state index in [4.69, 9.17) is 5.11 Å². The first kappa shape index (κ1) is 11.0. The Hall–Kier alpha value is -1.55. The van der Waals surface area contributed by atoms with Crippen LogP contribution in [0.4, 0.5) is 5.95 Å². The van der Waals surface area contributed by atoms with E-state index >= 15 is 0 Å². The van der Waals surface area contributed by atoms with Crippen LogP contribution < -0.4 is 5.32 Å². The molecule has 0 spiro atoms. The first-order valence-electron chi connectivity index (χ1n) is 5.59. The lowest BCUT2D eigenvalue weighted by Gasteiger charge is -2.09. The maximum atomic E-state index is 8.80. The van der Waals surface area contributed by atoms with Crippen LogP contribution in [-0.4, -0.2) is 28.2 Å². The Morgan fingerprint density at radius 1 is 1.44 bits per heavy atom. The summed E-state index contributed by atoms with van der Waals surface area (Å²) in [5.41, 5.74) is 2.01. The lowest BCUT2D eigenvalue weighted by molar-refractivity contribution is 0.265. The first-order chi connectivity index (χ1) is 7.79. The number of nitrogens with one attached hydrogen (secondary N) is 2. The van der Waals surface area contributed by atoms with Gasteiger partial charge in [0.2, 0.25) is 5.95 Å². The summed E-state index contributed by atoms with van der Waals surface area (Å²) in [4.78, 5) is 7.62. The molecule has 0 saturated carbocycles. The third-order valence-corrected chi connectivity index (χ3v) is 2.63. The number of benzene rings is 1. The van der Waals surface area contributed by atoms with Gasteiger partial charge in [-0.15, -0.1) is 0 Å². The smallest absolute Gasteiger partial charge is 0.201 e. The molecule has 0 saturated heterocycles. The zero-order valence-electron chi connectivity index (χ0n) is 9.40. The van der Waals surface area contributed by atoms with Crippen LogP contribution in [-0.2, 0) is 0 Å². The number of fused-ring (bicyclic) bond motifs is 1. The number of anilines is 1. The summed E-state index contributed by atoms with van der Waals surface area (Å²) in [7, 11) is 0. The molecule has 1 heterocycles. The van der Waals surface area contributed by atoms with Crippen molar-refractivity contribution in [2.24, 2.45) is 5.92 Å². The number of aliphatic hydroxyl groups is 1. The Labute approximate surface area is 94.7 Å². The van der Waals surface area contributed by atoms with Crippen molar-refractivity contribution in [3.8, 4) is 0 Å². The Bertz CT molecular complexity index is 419. The lowest BCUT2D eigenvalue weighted by atomic mass is 10.1. The largest absolute Gasteiger partial charge is 0.396 e. The Kier molecular flexibility index (Phi) is 3.41. The highest BCUT2D eigenvalue weighted by Crippen LogP contribution is 2.13. The highest BCUT2D eigenvalue weighted by atomic mass is 16.3. The van der Waals surface area contributed by atoms with Gasteiger partial charge in [0.05, 0.1) is 11.0 Å². The predicted octanol–water partition coefficient (Wildman–Crippen LogP) is 1.99. The lowest BCUT2D eigenvalue weighted by Crippen LogP contribution is -2.13. The zero-order chi connectivity index (χ0) is 11.4. The van der Waals surface area contributed by atoms with E-state index in [2.05, 4.69) is 22.2 Å². The Morgan fingerprint density at radius 2 is 2.25 bits per heavy atom. The average Bonchev–Trinajstić information content (AvgIpc) is 2.69. The number of para-hydroxylation sites is 2. The Balaban J connectivity index is 1.99. The molecule has 1 aromatic carbocycles. The van der Waals surface area contributed by atoms with Crippen molar-refractivity contribution in [2.45, 2.75) is 13.3 Å². The van der Waals surface area contributed by atoms with Crippen LogP contribution >= 0.6 is 0 Å². The topological polar surface area (TPSA) is 60.9 Å². The fraction of sp³-hybridized carbons (Fsp3) is 0.417. The summed E-state index contributed by atoms with van der Waals surface area (Å²) in [5, 5.41) is 12.0. The van der Waals surface area contributed by atoms with Crippen molar-refractivity contribution in [3.63, 3.8) is 0 Å². The van der Waals surface area contributed by atoms with Crippen LogP contribution in [0.25, 0.3) is 11.0 Å². The van der Waals surface area contributed by atoms with Gasteiger partial charge in [0.15, 0.2) is 0 Å². The SMILES string of the molecule is CC(CCO)CNc1nc2ccccc2[nH]1. The van der Waals surface area contributed by atoms with E-state index in [1.807, 2.05) is 24.3 Å². The molecule has 3 N–H and O–H groups in total. The number of rotatable bonds is 5. The van der Waals surface area contributed by atoms with Crippen LogP contribution in [0.3, 0.4) is 0 Å². The molecule has 0 fully saturated rings. The molecule has 16 heavy (non-hydrogen) atoms. The summed E-state index contributed by atoms with van der Waals surface area (Å²) in [6, 6.07) is 7.94. The van der Waals surface area contributed by atoms with Crippen LogP contribution in [0.2, 0.25) is 0 Å². The number of hydrogen-bond donors (Lipinski definition) is 3. The second-order valence-corrected chi connectivity index (χ2v) is 4.10. The van der Waals surface area contributed by atoms with Crippen molar-refractivity contribution in [1.82, 2.24) is 9.97 Å². The Morgan fingerprint density at radius 3 is 3.00 bits per heavy atom. The van der Waals surface area contributed by atoms with Gasteiger partial charge >= 0.3 is 0 Å². The van der Waals surface area contributed by atoms with E-state index in [0.717, 1.165) is 29.9 Å². The van der Waals surface area contributed by atoms with Gasteiger partial charge in [-0.2, -0.15) is 0 Å². The number of H-pyrrole nitrogens is 1. The molecule has 0 aliphatic rings. The van der Waals surface area contributed by atoms with E-state index in [1.165, 1.54) is 0 Å². The van der Waals surface area contributed by atoms with E-state index < -0.39 is 0 Å². The second kappa shape index (κ2) is 4.99. The minimum absolute atomic E-state index is 0.239. The summed E-state index contributed by atoms with van der Waals surface area (Å²) >= 11 is 0. The van der Waals surface area contributed by atoms with E-state index in [0.29, 0.717) is 5.92 Å². The van der Waals surface area contributed by atoms with Gasteiger partial charge in [-0.1, -0.05) is 19.1 Å². The van der Waals surface area contributed by atoms with Crippen LogP contribution in [0.1, 0.15) is 13.3 Å². The molecule has 2 aromatic rings. The van der Waals surface area contributed by atoms with E-state index in [1.54, 1.807) is 0 Å². The van der Waals surface area contributed by atoms with Crippen molar-refractivity contribution >= 4 is 17.0 Å². The number of nitrogens with zero attached hydrogens (tertiary/aromatic N) is 1.